The van der Waals surface area contributed by atoms with Crippen LogP contribution in [0.25, 0.3) is 0 Å². The monoisotopic (exact) mass is 232 g/mol. The lowest BCUT2D eigenvalue weighted by Crippen LogP contribution is -2.21. The Kier molecular flexibility index (Phi) is 2.62. The van der Waals surface area contributed by atoms with Crippen molar-refractivity contribution in [3.05, 3.63) is 64.2 Å². The normalized spacial score (nSPS) is 12.8. The summed E-state index contributed by atoms with van der Waals surface area (Å²) < 4.78 is 0. The highest BCUT2D eigenvalue weighted by Gasteiger charge is 2.23. The fourth-order valence-electron chi connectivity index (χ4n) is 2.62. The van der Waals surface area contributed by atoms with Crippen LogP contribution in [-0.4, -0.2) is 20.7 Å². The molecule has 0 saturated carbocycles. The van der Waals surface area contributed by atoms with Crippen molar-refractivity contribution in [2.75, 3.05) is 0 Å². The first-order chi connectivity index (χ1) is 8.69. The Morgan fingerprint density at radius 3 is 2.44 bits per heavy atom. The Morgan fingerprint density at radius 2 is 1.72 bits per heavy atom. The number of hydrogen-bond donors (Lipinski definition) is 0. The van der Waals surface area contributed by atoms with Crippen molar-refractivity contribution in [2.24, 2.45) is 0 Å². The summed E-state index contributed by atoms with van der Waals surface area (Å²) in [5.41, 5.74) is 6.48. The maximum Gasteiger partial charge on any atom is 0.193 e. The van der Waals surface area contributed by atoms with Gasteiger partial charge in [-0.2, -0.15) is 0 Å². The van der Waals surface area contributed by atoms with Gasteiger partial charge < -0.3 is 0 Å². The van der Waals surface area contributed by atoms with Gasteiger partial charge in [0.05, 0.1) is 7.74 Å². The molecule has 1 aliphatic rings. The van der Waals surface area contributed by atoms with Crippen LogP contribution in [0.3, 0.4) is 0 Å². The second kappa shape index (κ2) is 4.16. The number of ketones is 1. The molecule has 0 bridgehead atoms. The van der Waals surface area contributed by atoms with E-state index >= 15 is 0 Å². The third kappa shape index (κ3) is 1.71. The molecule has 0 saturated heterocycles. The van der Waals surface area contributed by atoms with Crippen molar-refractivity contribution in [3.8, 4) is 0 Å². The molecule has 0 spiro atoms. The molecule has 0 fully saturated rings. The summed E-state index contributed by atoms with van der Waals surface area (Å²) in [6, 6.07) is 12.5. The van der Waals surface area contributed by atoms with Crippen LogP contribution in [0, 0.1) is 6.92 Å². The average molecular weight is 232 g/mol. The van der Waals surface area contributed by atoms with Crippen molar-refractivity contribution in [2.45, 2.75) is 13.3 Å². The van der Waals surface area contributed by atoms with Crippen molar-refractivity contribution in [1.82, 2.24) is 0 Å². The Bertz CT molecular complexity index is 647. The largest absolute Gasteiger partial charge is 0.289 e. The smallest absolute Gasteiger partial charge is 0.193 e. The minimum absolute atomic E-state index is 0.185. The number of carbonyl (C=O) groups is 1. The predicted molar refractivity (Wildman–Crippen MR) is 79.2 cm³/mol. The molecule has 0 radical (unpaired) electrons. The molecule has 0 unspecified atom stereocenters. The van der Waals surface area contributed by atoms with Gasteiger partial charge in [-0.05, 0) is 30.5 Å². The summed E-state index contributed by atoms with van der Waals surface area (Å²) in [6.07, 6.45) is 0.876. The lowest BCUT2D eigenvalue weighted by molar-refractivity contribution is 0.103. The summed E-state index contributed by atoms with van der Waals surface area (Å²) in [5, 5.41) is 0. The molecule has 3 rings (SSSR count). The van der Waals surface area contributed by atoms with Gasteiger partial charge in [0.1, 0.15) is 7.17 Å². The third-order valence-corrected chi connectivity index (χ3v) is 3.72. The number of fused-ring (bicyclic) bond motifs is 2. The summed E-state index contributed by atoms with van der Waals surface area (Å²) in [5.74, 6) is 0.185. The van der Waals surface area contributed by atoms with Gasteiger partial charge in [0.2, 0.25) is 0 Å². The third-order valence-electron chi connectivity index (χ3n) is 3.72. The minimum Gasteiger partial charge on any atom is -0.289 e. The van der Waals surface area contributed by atoms with Gasteiger partial charge >= 0.3 is 0 Å². The van der Waals surface area contributed by atoms with Gasteiger partial charge in [-0.3, -0.25) is 4.79 Å². The Morgan fingerprint density at radius 1 is 1.06 bits per heavy atom. The van der Waals surface area contributed by atoms with Crippen LogP contribution in [0.5, 0.6) is 0 Å². The van der Waals surface area contributed by atoms with Crippen molar-refractivity contribution < 1.29 is 4.79 Å². The van der Waals surface area contributed by atoms with Gasteiger partial charge in [0.15, 0.2) is 5.78 Å². The minimum atomic E-state index is 0.185. The highest BCUT2D eigenvalue weighted by atomic mass is 16.1. The molecule has 0 N–H and O–H groups in total. The van der Waals surface area contributed by atoms with Crippen molar-refractivity contribution in [1.29, 1.82) is 0 Å². The second-order valence-corrected chi connectivity index (χ2v) is 5.01. The zero-order valence-corrected chi connectivity index (χ0v) is 10.8. The summed E-state index contributed by atoms with van der Waals surface area (Å²) in [7, 11) is 3.09. The van der Waals surface area contributed by atoms with Crippen molar-refractivity contribution >= 4 is 26.2 Å². The van der Waals surface area contributed by atoms with Crippen LogP contribution >= 0.6 is 0 Å². The van der Waals surface area contributed by atoms with E-state index in [0.717, 1.165) is 41.4 Å². The molecule has 0 aliphatic heterocycles. The van der Waals surface area contributed by atoms with E-state index in [-0.39, 0.29) is 5.78 Å². The molecular formula is C15H14B2O. The fourth-order valence-corrected chi connectivity index (χ4v) is 2.62. The molecule has 0 aromatic heterocycles. The van der Waals surface area contributed by atoms with Crippen LogP contribution in [0.15, 0.2) is 36.4 Å². The van der Waals surface area contributed by atoms with E-state index in [4.69, 9.17) is 0 Å². The Balaban J connectivity index is 2.16. The van der Waals surface area contributed by atoms with Crippen LogP contribution in [-0.2, 0) is 6.42 Å². The zero-order valence-electron chi connectivity index (χ0n) is 10.8. The van der Waals surface area contributed by atoms with Crippen LogP contribution < -0.4 is 5.46 Å². The fraction of sp³-hybridized carbons (Fsp3) is 0.133. The SMILES string of the molecule is BBc1ccc2c(c1)C(=O)c1cc(C)ccc1C2. The maximum atomic E-state index is 12.5. The maximum absolute atomic E-state index is 12.5. The molecule has 1 aliphatic carbocycles. The predicted octanol–water partition coefficient (Wildman–Crippen LogP) is 0.740. The molecule has 0 amide bonds. The van der Waals surface area contributed by atoms with Crippen LogP contribution in [0.2, 0.25) is 0 Å². The van der Waals surface area contributed by atoms with Gasteiger partial charge in [0, 0.05) is 11.1 Å². The quantitative estimate of drug-likeness (QED) is 0.565. The van der Waals surface area contributed by atoms with E-state index in [1.54, 1.807) is 0 Å². The molecule has 86 valence electrons. The van der Waals surface area contributed by atoms with E-state index in [0.29, 0.717) is 0 Å². The average Bonchev–Trinajstić information content (AvgIpc) is 2.40. The first-order valence-corrected chi connectivity index (χ1v) is 6.45. The summed E-state index contributed by atoms with van der Waals surface area (Å²) in [6.45, 7) is 2.03. The molecule has 1 nitrogen and oxygen atoms in total. The van der Waals surface area contributed by atoms with E-state index < -0.39 is 0 Å². The van der Waals surface area contributed by atoms with Gasteiger partial charge in [-0.15, -0.1) is 0 Å². The first kappa shape index (κ1) is 11.3. The molecule has 0 heterocycles. The van der Waals surface area contributed by atoms with Crippen LogP contribution in [0.4, 0.5) is 0 Å². The number of hydrogen-bond acceptors (Lipinski definition) is 1. The lowest BCUT2D eigenvalue weighted by atomic mass is 9.51. The number of benzene rings is 2. The molecule has 3 heteroatoms. The Hall–Kier alpha value is -1.76. The zero-order chi connectivity index (χ0) is 12.7. The van der Waals surface area contributed by atoms with Gasteiger partial charge in [-0.25, -0.2) is 0 Å². The topological polar surface area (TPSA) is 17.1 Å². The number of aryl methyl sites for hydroxylation is 1. The van der Waals surface area contributed by atoms with Gasteiger partial charge in [-0.1, -0.05) is 41.4 Å². The molecule has 18 heavy (non-hydrogen) atoms. The number of carbonyl (C=O) groups excluding carboxylic acids is 1. The first-order valence-electron chi connectivity index (χ1n) is 6.45. The van der Waals surface area contributed by atoms with E-state index in [1.165, 1.54) is 5.46 Å². The molecule has 0 atom stereocenters. The van der Waals surface area contributed by atoms with E-state index in [9.17, 15) is 4.79 Å². The molecular weight excluding hydrogens is 218 g/mol. The Labute approximate surface area is 109 Å². The summed E-state index contributed by atoms with van der Waals surface area (Å²) in [4.78, 5) is 12.5. The molecule has 2 aromatic carbocycles. The summed E-state index contributed by atoms with van der Waals surface area (Å²) >= 11 is 0. The van der Waals surface area contributed by atoms with E-state index in [2.05, 4.69) is 38.1 Å². The lowest BCUT2D eigenvalue weighted by Gasteiger charge is -2.19. The highest BCUT2D eigenvalue weighted by molar-refractivity contribution is 6.97. The standard InChI is InChI=1S/C15H14B2O/c1-9-2-3-10-7-11-4-5-12(17-16)8-14(11)15(18)13(10)6-9/h2-6,8,17H,7,16H2,1H3. The number of rotatable bonds is 1. The van der Waals surface area contributed by atoms with Crippen molar-refractivity contribution in [3.63, 3.8) is 0 Å². The van der Waals surface area contributed by atoms with E-state index in [1.807, 2.05) is 13.0 Å². The molecule has 2 aromatic rings. The highest BCUT2D eigenvalue weighted by Crippen LogP contribution is 2.27. The van der Waals surface area contributed by atoms with Gasteiger partial charge in [0.25, 0.3) is 0 Å². The second-order valence-electron chi connectivity index (χ2n) is 5.01. The van der Waals surface area contributed by atoms with Crippen LogP contribution in [0.1, 0.15) is 32.6 Å².